The highest BCUT2D eigenvalue weighted by Crippen LogP contribution is 2.31. The summed E-state index contributed by atoms with van der Waals surface area (Å²) >= 11 is 0. The van der Waals surface area contributed by atoms with Gasteiger partial charge in [-0.1, -0.05) is 12.1 Å². The van der Waals surface area contributed by atoms with Gasteiger partial charge in [-0.3, -0.25) is 4.79 Å². The molecular formula is C21H25FN2O2. The van der Waals surface area contributed by atoms with Gasteiger partial charge in [0.15, 0.2) is 0 Å². The molecule has 3 rings (SSSR count). The summed E-state index contributed by atoms with van der Waals surface area (Å²) in [6.07, 6.45) is 2.35. The molecule has 1 aliphatic heterocycles. The molecule has 0 radical (unpaired) electrons. The van der Waals surface area contributed by atoms with Crippen molar-refractivity contribution in [2.45, 2.75) is 33.1 Å². The Balaban J connectivity index is 1.59. The van der Waals surface area contributed by atoms with E-state index in [1.807, 2.05) is 32.0 Å². The number of carbonyl (C=O) groups is 1. The number of hydrogen-bond acceptors (Lipinski definition) is 3. The summed E-state index contributed by atoms with van der Waals surface area (Å²) in [5.74, 6) is 0.0943. The van der Waals surface area contributed by atoms with E-state index >= 15 is 0 Å². The summed E-state index contributed by atoms with van der Waals surface area (Å²) in [5, 5.41) is 2.73. The fourth-order valence-corrected chi connectivity index (χ4v) is 3.34. The van der Waals surface area contributed by atoms with Crippen LogP contribution in [0.3, 0.4) is 0 Å². The number of nitrogens with zero attached hydrogens (tertiary/aromatic N) is 1. The first-order valence-corrected chi connectivity index (χ1v) is 9.07. The second-order valence-electron chi connectivity index (χ2n) is 6.80. The van der Waals surface area contributed by atoms with Crippen LogP contribution in [0.1, 0.15) is 30.4 Å². The predicted octanol–water partition coefficient (Wildman–Crippen LogP) is 4.45. The molecule has 4 nitrogen and oxygen atoms in total. The molecule has 2 aromatic carbocycles. The number of nitrogens with one attached hydrogen (secondary N) is 1. The summed E-state index contributed by atoms with van der Waals surface area (Å²) in [6, 6.07) is 10.9. The van der Waals surface area contributed by atoms with E-state index in [2.05, 4.69) is 16.3 Å². The van der Waals surface area contributed by atoms with Gasteiger partial charge in [-0.05, 0) is 62.1 Å². The van der Waals surface area contributed by atoms with Crippen molar-refractivity contribution in [3.63, 3.8) is 0 Å². The van der Waals surface area contributed by atoms with E-state index < -0.39 is 5.82 Å². The van der Waals surface area contributed by atoms with E-state index in [0.717, 1.165) is 48.5 Å². The summed E-state index contributed by atoms with van der Waals surface area (Å²) in [6.45, 7) is 6.04. The Morgan fingerprint density at radius 1 is 1.15 bits per heavy atom. The zero-order valence-electron chi connectivity index (χ0n) is 15.3. The van der Waals surface area contributed by atoms with Gasteiger partial charge in [-0.25, -0.2) is 4.39 Å². The van der Waals surface area contributed by atoms with Crippen LogP contribution in [0.5, 0.6) is 5.75 Å². The Hall–Kier alpha value is -2.56. The van der Waals surface area contributed by atoms with Crippen molar-refractivity contribution < 1.29 is 13.9 Å². The first-order chi connectivity index (χ1) is 12.5. The maximum absolute atomic E-state index is 14.3. The molecule has 0 aromatic heterocycles. The van der Waals surface area contributed by atoms with E-state index in [0.29, 0.717) is 0 Å². The fourth-order valence-electron chi connectivity index (χ4n) is 3.34. The fraction of sp³-hybridized carbons (Fsp3) is 0.381. The first-order valence-electron chi connectivity index (χ1n) is 9.07. The molecular weight excluding hydrogens is 331 g/mol. The van der Waals surface area contributed by atoms with Gasteiger partial charge in [0.1, 0.15) is 17.3 Å². The predicted molar refractivity (Wildman–Crippen MR) is 103 cm³/mol. The second-order valence-corrected chi connectivity index (χ2v) is 6.80. The topological polar surface area (TPSA) is 41.6 Å². The lowest BCUT2D eigenvalue weighted by Gasteiger charge is -2.22. The molecule has 1 saturated heterocycles. The Kier molecular flexibility index (Phi) is 5.76. The largest absolute Gasteiger partial charge is 0.493 e. The molecule has 1 amide bonds. The number of anilines is 2. The molecule has 2 aromatic rings. The normalized spacial score (nSPS) is 13.7. The summed E-state index contributed by atoms with van der Waals surface area (Å²) < 4.78 is 19.9. The summed E-state index contributed by atoms with van der Waals surface area (Å²) in [4.78, 5) is 14.4. The van der Waals surface area contributed by atoms with Crippen LogP contribution < -0.4 is 15.0 Å². The second kappa shape index (κ2) is 8.21. The maximum atomic E-state index is 14.3. The zero-order valence-corrected chi connectivity index (χ0v) is 15.3. The molecule has 0 saturated carbocycles. The average molecular weight is 356 g/mol. The van der Waals surface area contributed by atoms with Gasteiger partial charge >= 0.3 is 0 Å². The lowest BCUT2D eigenvalue weighted by atomic mass is 10.1. The van der Waals surface area contributed by atoms with Gasteiger partial charge in [0.25, 0.3) is 0 Å². The number of hydrogen-bond donors (Lipinski definition) is 1. The minimum atomic E-state index is -0.405. The maximum Gasteiger partial charge on any atom is 0.227 e. The number of aryl methyl sites for hydroxylation is 2. The molecule has 1 N–H and O–H groups in total. The Labute approximate surface area is 154 Å². The minimum Gasteiger partial charge on any atom is -0.493 e. The molecule has 0 aliphatic carbocycles. The molecule has 0 bridgehead atoms. The van der Waals surface area contributed by atoms with E-state index in [1.165, 1.54) is 6.07 Å². The zero-order chi connectivity index (χ0) is 18.5. The van der Waals surface area contributed by atoms with Crippen LogP contribution in [0.4, 0.5) is 15.8 Å². The molecule has 0 spiro atoms. The van der Waals surface area contributed by atoms with Gasteiger partial charge in [0, 0.05) is 13.1 Å². The monoisotopic (exact) mass is 356 g/mol. The van der Waals surface area contributed by atoms with E-state index in [-0.39, 0.29) is 24.6 Å². The van der Waals surface area contributed by atoms with Crippen molar-refractivity contribution in [1.82, 2.24) is 0 Å². The first kappa shape index (κ1) is 18.2. The van der Waals surface area contributed by atoms with Crippen molar-refractivity contribution in [2.75, 3.05) is 29.9 Å². The standard InChI is InChI=1S/C21H25FN2O2/c1-15-12-16(2)14-17(13-15)26-11-8-20(25)23-21-18(22)6-5-7-19(21)24-9-3-4-10-24/h5-7,12-14H,3-4,8-11H2,1-2H3,(H,23,25). The molecule has 26 heavy (non-hydrogen) atoms. The number of amides is 1. The average Bonchev–Trinajstić information content (AvgIpc) is 3.10. The van der Waals surface area contributed by atoms with Crippen LogP contribution in [0, 0.1) is 19.7 Å². The lowest BCUT2D eigenvalue weighted by Crippen LogP contribution is -2.22. The van der Waals surface area contributed by atoms with Crippen LogP contribution in [0.15, 0.2) is 36.4 Å². The SMILES string of the molecule is Cc1cc(C)cc(OCCC(=O)Nc2c(F)cccc2N2CCCC2)c1. The lowest BCUT2D eigenvalue weighted by molar-refractivity contribution is -0.116. The van der Waals surface area contributed by atoms with Crippen LogP contribution in [-0.4, -0.2) is 25.6 Å². The van der Waals surface area contributed by atoms with Gasteiger partial charge in [-0.15, -0.1) is 0 Å². The minimum absolute atomic E-state index is 0.167. The third kappa shape index (κ3) is 4.54. The van der Waals surface area contributed by atoms with Crippen molar-refractivity contribution in [2.24, 2.45) is 0 Å². The van der Waals surface area contributed by atoms with Crippen molar-refractivity contribution in [1.29, 1.82) is 0 Å². The third-order valence-corrected chi connectivity index (χ3v) is 4.50. The number of ether oxygens (including phenoxy) is 1. The number of benzene rings is 2. The van der Waals surface area contributed by atoms with Crippen molar-refractivity contribution in [3.05, 3.63) is 53.3 Å². The van der Waals surface area contributed by atoms with Gasteiger partial charge in [-0.2, -0.15) is 0 Å². The Morgan fingerprint density at radius 3 is 2.54 bits per heavy atom. The summed E-state index contributed by atoms with van der Waals surface area (Å²) in [5.41, 5.74) is 3.26. The molecule has 0 unspecified atom stereocenters. The van der Waals surface area contributed by atoms with Crippen molar-refractivity contribution >= 4 is 17.3 Å². The molecule has 5 heteroatoms. The van der Waals surface area contributed by atoms with Crippen LogP contribution in [0.25, 0.3) is 0 Å². The quantitative estimate of drug-likeness (QED) is 0.831. The Bertz CT molecular complexity index is 765. The highest BCUT2D eigenvalue weighted by molar-refractivity contribution is 5.94. The highest BCUT2D eigenvalue weighted by Gasteiger charge is 2.19. The van der Waals surface area contributed by atoms with E-state index in [1.54, 1.807) is 6.07 Å². The van der Waals surface area contributed by atoms with Crippen LogP contribution in [0.2, 0.25) is 0 Å². The number of rotatable bonds is 6. The molecule has 1 heterocycles. The van der Waals surface area contributed by atoms with Gasteiger partial charge in [0.2, 0.25) is 5.91 Å². The van der Waals surface area contributed by atoms with E-state index in [4.69, 9.17) is 4.74 Å². The number of para-hydroxylation sites is 1. The number of halogens is 1. The molecule has 1 aliphatic rings. The van der Waals surface area contributed by atoms with Gasteiger partial charge < -0.3 is 15.0 Å². The van der Waals surface area contributed by atoms with Crippen LogP contribution >= 0.6 is 0 Å². The highest BCUT2D eigenvalue weighted by atomic mass is 19.1. The smallest absolute Gasteiger partial charge is 0.227 e. The molecule has 138 valence electrons. The third-order valence-electron chi connectivity index (χ3n) is 4.50. The van der Waals surface area contributed by atoms with Crippen LogP contribution in [-0.2, 0) is 4.79 Å². The Morgan fingerprint density at radius 2 is 1.85 bits per heavy atom. The number of carbonyl (C=O) groups excluding carboxylic acids is 1. The molecule has 1 fully saturated rings. The molecule has 0 atom stereocenters. The van der Waals surface area contributed by atoms with Gasteiger partial charge in [0.05, 0.1) is 18.7 Å². The summed E-state index contributed by atoms with van der Waals surface area (Å²) in [7, 11) is 0. The van der Waals surface area contributed by atoms with Crippen molar-refractivity contribution in [3.8, 4) is 5.75 Å². The van der Waals surface area contributed by atoms with E-state index in [9.17, 15) is 9.18 Å².